The molecule has 0 aromatic carbocycles. The predicted molar refractivity (Wildman–Crippen MR) is 28.7 cm³/mol. The molecule has 0 saturated carbocycles. The average molecular weight is 104 g/mol. The van der Waals surface area contributed by atoms with Crippen molar-refractivity contribution in [2.75, 3.05) is 6.54 Å². The van der Waals surface area contributed by atoms with Gasteiger partial charge < -0.3 is 16.6 Å². The van der Waals surface area contributed by atoms with Gasteiger partial charge in [-0.3, -0.25) is 0 Å². The quantitative estimate of drug-likeness (QED) is 0.405. The minimum Gasteiger partial charge on any atom is -0.392 e. The van der Waals surface area contributed by atoms with Gasteiger partial charge in [0, 0.05) is 12.6 Å². The van der Waals surface area contributed by atoms with E-state index in [-0.39, 0.29) is 6.04 Å². The molecular weight excluding hydrogens is 92.1 g/mol. The van der Waals surface area contributed by atoms with Gasteiger partial charge in [-0.1, -0.05) is 0 Å². The molecule has 3 heteroatoms. The summed E-state index contributed by atoms with van der Waals surface area (Å²) in [5.41, 5.74) is 10.3. The van der Waals surface area contributed by atoms with Crippen LogP contribution in [0.15, 0.2) is 0 Å². The molecule has 0 spiro atoms. The van der Waals surface area contributed by atoms with Crippen LogP contribution in [-0.4, -0.2) is 23.8 Å². The van der Waals surface area contributed by atoms with E-state index in [1.165, 1.54) is 0 Å². The number of rotatable bonds is 2. The number of aliphatic hydroxyl groups is 1. The maximum Gasteiger partial charge on any atom is 0.0675 e. The van der Waals surface area contributed by atoms with E-state index in [0.717, 1.165) is 0 Å². The van der Waals surface area contributed by atoms with Gasteiger partial charge in [0.1, 0.15) is 0 Å². The zero-order valence-corrected chi connectivity index (χ0v) is 4.46. The zero-order valence-electron chi connectivity index (χ0n) is 4.46. The molecule has 0 aliphatic rings. The average Bonchev–Trinajstić information content (AvgIpc) is 1.65. The minimum atomic E-state index is -0.481. The molecule has 0 saturated heterocycles. The lowest BCUT2D eigenvalue weighted by Crippen LogP contribution is -2.39. The van der Waals surface area contributed by atoms with E-state index in [1.807, 2.05) is 0 Å². The van der Waals surface area contributed by atoms with Gasteiger partial charge in [-0.25, -0.2) is 0 Å². The number of hydrogen-bond donors (Lipinski definition) is 3. The van der Waals surface area contributed by atoms with Crippen LogP contribution in [0.5, 0.6) is 0 Å². The van der Waals surface area contributed by atoms with Gasteiger partial charge >= 0.3 is 0 Å². The van der Waals surface area contributed by atoms with E-state index in [9.17, 15) is 0 Å². The Morgan fingerprint density at radius 3 is 2.14 bits per heavy atom. The van der Waals surface area contributed by atoms with Gasteiger partial charge in [0.05, 0.1) is 6.10 Å². The lowest BCUT2D eigenvalue weighted by molar-refractivity contribution is 0.166. The molecule has 0 amide bonds. The second-order valence-electron chi connectivity index (χ2n) is 1.64. The lowest BCUT2D eigenvalue weighted by Gasteiger charge is -2.09. The summed E-state index contributed by atoms with van der Waals surface area (Å²) in [5.74, 6) is 0. The van der Waals surface area contributed by atoms with E-state index in [1.54, 1.807) is 6.92 Å². The standard InChI is InChI=1S/C4H12N2O/c1-3(7)4(6)2-5/h3-4,7H,2,5-6H2,1H3/t3?,4-/m0/s1. The van der Waals surface area contributed by atoms with E-state index in [4.69, 9.17) is 16.6 Å². The molecule has 0 aliphatic heterocycles. The summed E-state index contributed by atoms with van der Waals surface area (Å²) in [6, 6.07) is -0.264. The molecule has 0 rings (SSSR count). The van der Waals surface area contributed by atoms with Crippen molar-refractivity contribution in [1.82, 2.24) is 0 Å². The van der Waals surface area contributed by atoms with Crippen molar-refractivity contribution in [3.05, 3.63) is 0 Å². The highest BCUT2D eigenvalue weighted by Gasteiger charge is 2.03. The third-order valence-corrected chi connectivity index (χ3v) is 0.892. The molecule has 0 aliphatic carbocycles. The summed E-state index contributed by atoms with van der Waals surface area (Å²) < 4.78 is 0. The molecule has 5 N–H and O–H groups in total. The van der Waals surface area contributed by atoms with E-state index < -0.39 is 6.10 Å². The third kappa shape index (κ3) is 2.56. The molecule has 1 unspecified atom stereocenters. The van der Waals surface area contributed by atoms with Gasteiger partial charge in [0.25, 0.3) is 0 Å². The zero-order chi connectivity index (χ0) is 5.86. The van der Waals surface area contributed by atoms with Crippen molar-refractivity contribution < 1.29 is 5.11 Å². The molecular formula is C4H12N2O. The van der Waals surface area contributed by atoms with Crippen molar-refractivity contribution in [1.29, 1.82) is 0 Å². The SMILES string of the molecule is CC(O)[C@@H](N)CN. The molecule has 0 aromatic rings. The second kappa shape index (κ2) is 2.96. The van der Waals surface area contributed by atoms with Gasteiger partial charge in [-0.15, -0.1) is 0 Å². The second-order valence-corrected chi connectivity index (χ2v) is 1.64. The normalized spacial score (nSPS) is 18.9. The highest BCUT2D eigenvalue weighted by Crippen LogP contribution is 1.81. The Labute approximate surface area is 43.3 Å². The summed E-state index contributed by atoms with van der Waals surface area (Å²) in [6.45, 7) is 1.97. The highest BCUT2D eigenvalue weighted by molar-refractivity contribution is 4.66. The predicted octanol–water partition coefficient (Wildman–Crippen LogP) is -1.35. The smallest absolute Gasteiger partial charge is 0.0675 e. The summed E-state index contributed by atoms with van der Waals surface area (Å²) >= 11 is 0. The van der Waals surface area contributed by atoms with Crippen molar-refractivity contribution >= 4 is 0 Å². The Morgan fingerprint density at radius 2 is 2.14 bits per heavy atom. The number of hydrogen-bond acceptors (Lipinski definition) is 3. The fraction of sp³-hybridized carbons (Fsp3) is 1.00. The molecule has 2 atom stereocenters. The van der Waals surface area contributed by atoms with Crippen LogP contribution in [0.2, 0.25) is 0 Å². The van der Waals surface area contributed by atoms with Crippen LogP contribution in [-0.2, 0) is 0 Å². The van der Waals surface area contributed by atoms with Gasteiger partial charge in [0.15, 0.2) is 0 Å². The molecule has 0 radical (unpaired) electrons. The highest BCUT2D eigenvalue weighted by atomic mass is 16.3. The largest absolute Gasteiger partial charge is 0.392 e. The molecule has 0 fully saturated rings. The van der Waals surface area contributed by atoms with Gasteiger partial charge in [-0.05, 0) is 6.92 Å². The minimum absolute atomic E-state index is 0.264. The first-order valence-electron chi connectivity index (χ1n) is 2.32. The lowest BCUT2D eigenvalue weighted by atomic mass is 10.2. The molecule has 7 heavy (non-hydrogen) atoms. The van der Waals surface area contributed by atoms with Crippen LogP contribution < -0.4 is 11.5 Å². The van der Waals surface area contributed by atoms with Crippen molar-refractivity contribution in [3.63, 3.8) is 0 Å². The molecule has 44 valence electrons. The summed E-state index contributed by atoms with van der Waals surface area (Å²) in [6.07, 6.45) is -0.481. The number of aliphatic hydroxyl groups excluding tert-OH is 1. The number of nitrogens with two attached hydrogens (primary N) is 2. The fourth-order valence-corrected chi connectivity index (χ4v) is 0.197. The summed E-state index contributed by atoms with van der Waals surface area (Å²) in [4.78, 5) is 0. The maximum absolute atomic E-state index is 8.62. The van der Waals surface area contributed by atoms with Crippen LogP contribution in [0.25, 0.3) is 0 Å². The van der Waals surface area contributed by atoms with E-state index >= 15 is 0 Å². The van der Waals surface area contributed by atoms with Crippen molar-refractivity contribution in [3.8, 4) is 0 Å². The monoisotopic (exact) mass is 104 g/mol. The van der Waals surface area contributed by atoms with E-state index in [0.29, 0.717) is 6.54 Å². The maximum atomic E-state index is 8.62. The Kier molecular flexibility index (Phi) is 2.91. The van der Waals surface area contributed by atoms with Crippen LogP contribution >= 0.6 is 0 Å². The van der Waals surface area contributed by atoms with Gasteiger partial charge in [0.2, 0.25) is 0 Å². The van der Waals surface area contributed by atoms with Gasteiger partial charge in [-0.2, -0.15) is 0 Å². The first-order valence-corrected chi connectivity index (χ1v) is 2.32. The topological polar surface area (TPSA) is 72.3 Å². The first kappa shape index (κ1) is 6.88. The van der Waals surface area contributed by atoms with Crippen LogP contribution in [0.4, 0.5) is 0 Å². The van der Waals surface area contributed by atoms with Crippen molar-refractivity contribution in [2.24, 2.45) is 11.5 Å². The summed E-state index contributed by atoms with van der Waals surface area (Å²) in [7, 11) is 0. The van der Waals surface area contributed by atoms with Crippen LogP contribution in [0, 0.1) is 0 Å². The Hall–Kier alpha value is -0.120. The molecule has 3 nitrogen and oxygen atoms in total. The Morgan fingerprint density at radius 1 is 1.71 bits per heavy atom. The summed E-state index contributed by atoms with van der Waals surface area (Å²) in [5, 5.41) is 8.62. The van der Waals surface area contributed by atoms with Crippen LogP contribution in [0.3, 0.4) is 0 Å². The Balaban J connectivity index is 3.14. The molecule has 0 heterocycles. The molecule has 0 aromatic heterocycles. The fourth-order valence-electron chi connectivity index (χ4n) is 0.197. The third-order valence-electron chi connectivity index (χ3n) is 0.892. The molecule has 0 bridgehead atoms. The van der Waals surface area contributed by atoms with E-state index in [2.05, 4.69) is 0 Å². The van der Waals surface area contributed by atoms with Crippen molar-refractivity contribution in [2.45, 2.75) is 19.1 Å². The Bertz CT molecular complexity index is 47.0. The van der Waals surface area contributed by atoms with Crippen LogP contribution in [0.1, 0.15) is 6.92 Å². The first-order chi connectivity index (χ1) is 3.18.